The summed E-state index contributed by atoms with van der Waals surface area (Å²) in [4.78, 5) is 35.5. The monoisotopic (exact) mass is 460 g/mol. The average molecular weight is 461 g/mol. The molecular formula is C27H28N2O5. The van der Waals surface area contributed by atoms with Gasteiger partial charge in [-0.3, -0.25) is 4.79 Å². The van der Waals surface area contributed by atoms with Crippen molar-refractivity contribution >= 4 is 18.0 Å². The number of fused-ring (bicyclic) bond motifs is 3. The molecule has 0 heterocycles. The van der Waals surface area contributed by atoms with Gasteiger partial charge in [0, 0.05) is 24.3 Å². The maximum atomic E-state index is 12.6. The van der Waals surface area contributed by atoms with E-state index >= 15 is 0 Å². The summed E-state index contributed by atoms with van der Waals surface area (Å²) in [5.41, 5.74) is 4.67. The van der Waals surface area contributed by atoms with Gasteiger partial charge < -0.3 is 20.5 Å². The van der Waals surface area contributed by atoms with Gasteiger partial charge in [0.2, 0.25) is 5.91 Å². The van der Waals surface area contributed by atoms with Crippen LogP contribution in [0, 0.1) is 23.7 Å². The molecule has 34 heavy (non-hydrogen) atoms. The minimum Gasteiger partial charge on any atom is -0.472 e. The molecule has 0 aromatic heterocycles. The van der Waals surface area contributed by atoms with Crippen LogP contribution in [0.15, 0.2) is 48.5 Å². The van der Waals surface area contributed by atoms with Gasteiger partial charge in [-0.25, -0.2) is 9.59 Å². The van der Waals surface area contributed by atoms with Gasteiger partial charge in [-0.1, -0.05) is 67.3 Å². The van der Waals surface area contributed by atoms with E-state index in [-0.39, 0.29) is 36.8 Å². The molecule has 2 aliphatic rings. The second-order valence-electron chi connectivity index (χ2n) is 8.68. The Morgan fingerprint density at radius 2 is 1.59 bits per heavy atom. The summed E-state index contributed by atoms with van der Waals surface area (Å²) in [6, 6.07) is 16.4. The lowest BCUT2D eigenvalue weighted by molar-refractivity contribution is -0.130. The Kier molecular flexibility index (Phi) is 7.48. The molecule has 7 heteroatoms. The minimum atomic E-state index is -1.22. The summed E-state index contributed by atoms with van der Waals surface area (Å²) >= 11 is 0. The van der Waals surface area contributed by atoms with Crippen LogP contribution in [0.2, 0.25) is 0 Å². The predicted octanol–water partition coefficient (Wildman–Crippen LogP) is 3.54. The molecule has 7 nitrogen and oxygen atoms in total. The van der Waals surface area contributed by atoms with E-state index < -0.39 is 12.1 Å². The van der Waals surface area contributed by atoms with E-state index in [1.807, 2.05) is 30.2 Å². The Morgan fingerprint density at radius 1 is 0.941 bits per heavy atom. The first-order valence-corrected chi connectivity index (χ1v) is 11.6. The number of ether oxygens (including phenoxy) is 1. The van der Waals surface area contributed by atoms with Crippen molar-refractivity contribution in [1.82, 2.24) is 10.6 Å². The van der Waals surface area contributed by atoms with Crippen LogP contribution in [0.5, 0.6) is 0 Å². The standard InChI is InChI=1S/C27H28N2O5/c30-25(31)14-7-15-28-26(32)19-9-2-1-8-18(19)16-29-27(33)34-17-24-22-12-5-3-10-20(22)21-11-4-6-13-23(21)24/h3-6,10-13,18-19,24H,1-2,8-9,15-17H2,(H,28,32)(H,29,33)(H,30,31)/t18-,19-/m1/s1. The summed E-state index contributed by atoms with van der Waals surface area (Å²) in [7, 11) is 0. The smallest absolute Gasteiger partial charge is 0.407 e. The fourth-order valence-electron chi connectivity index (χ4n) is 5.04. The van der Waals surface area contributed by atoms with Gasteiger partial charge in [0.25, 0.3) is 0 Å². The molecule has 2 aromatic rings. The zero-order chi connectivity index (χ0) is 23.9. The molecule has 3 N–H and O–H groups in total. The maximum Gasteiger partial charge on any atom is 0.407 e. The number of carboxylic acids is 1. The topological polar surface area (TPSA) is 105 Å². The summed E-state index contributed by atoms with van der Waals surface area (Å²) < 4.78 is 5.60. The molecular weight excluding hydrogens is 432 g/mol. The number of rotatable bonds is 6. The van der Waals surface area contributed by atoms with Crippen molar-refractivity contribution in [3.63, 3.8) is 0 Å². The van der Waals surface area contributed by atoms with Crippen LogP contribution < -0.4 is 10.6 Å². The van der Waals surface area contributed by atoms with Crippen molar-refractivity contribution < 1.29 is 24.2 Å². The quantitative estimate of drug-likeness (QED) is 0.572. The normalized spacial score (nSPS) is 18.6. The van der Waals surface area contributed by atoms with Crippen molar-refractivity contribution in [3.8, 4) is 23.0 Å². The van der Waals surface area contributed by atoms with Gasteiger partial charge in [0.15, 0.2) is 0 Å². The lowest BCUT2D eigenvalue weighted by Crippen LogP contribution is -2.42. The highest BCUT2D eigenvalue weighted by Gasteiger charge is 2.32. The third-order valence-corrected chi connectivity index (χ3v) is 6.64. The molecule has 176 valence electrons. The molecule has 0 bridgehead atoms. The predicted molar refractivity (Wildman–Crippen MR) is 127 cm³/mol. The van der Waals surface area contributed by atoms with Gasteiger partial charge in [0.05, 0.1) is 6.54 Å². The average Bonchev–Trinajstić information content (AvgIpc) is 3.17. The molecule has 0 saturated heterocycles. The van der Waals surface area contributed by atoms with Crippen LogP contribution in [0.1, 0.15) is 42.7 Å². The highest BCUT2D eigenvalue weighted by Crippen LogP contribution is 2.44. The Balaban J connectivity index is 1.30. The fraction of sp³-hybridized carbons (Fsp3) is 0.370. The molecule has 0 aliphatic heterocycles. The molecule has 1 saturated carbocycles. The number of carbonyl (C=O) groups is 3. The van der Waals surface area contributed by atoms with Gasteiger partial charge in [0.1, 0.15) is 6.61 Å². The first kappa shape index (κ1) is 23.4. The van der Waals surface area contributed by atoms with Crippen LogP contribution in [-0.4, -0.2) is 42.8 Å². The van der Waals surface area contributed by atoms with E-state index in [1.165, 1.54) is 11.1 Å². The molecule has 0 unspecified atom stereocenters. The minimum absolute atomic E-state index is 0.00154. The summed E-state index contributed by atoms with van der Waals surface area (Å²) in [5, 5.41) is 14.1. The maximum absolute atomic E-state index is 12.6. The van der Waals surface area contributed by atoms with E-state index in [4.69, 9.17) is 9.84 Å². The number of hydrogen-bond acceptors (Lipinski definition) is 4. The Morgan fingerprint density at radius 3 is 2.26 bits per heavy atom. The van der Waals surface area contributed by atoms with E-state index in [0.29, 0.717) is 6.54 Å². The van der Waals surface area contributed by atoms with E-state index in [9.17, 15) is 14.4 Å². The summed E-state index contributed by atoms with van der Waals surface area (Å²) in [6.07, 6.45) is 3.02. The van der Waals surface area contributed by atoms with Gasteiger partial charge in [-0.2, -0.15) is 0 Å². The second-order valence-corrected chi connectivity index (χ2v) is 8.68. The fourth-order valence-corrected chi connectivity index (χ4v) is 5.04. The lowest BCUT2D eigenvalue weighted by atomic mass is 9.78. The van der Waals surface area contributed by atoms with Crippen LogP contribution in [-0.2, 0) is 14.3 Å². The number of nitrogens with one attached hydrogen (secondary N) is 2. The zero-order valence-corrected chi connectivity index (χ0v) is 18.9. The molecule has 4 rings (SSSR count). The lowest BCUT2D eigenvalue weighted by Gasteiger charge is -2.30. The molecule has 2 aliphatic carbocycles. The molecule has 1 fully saturated rings. The number of aliphatic carboxylic acids is 1. The molecule has 2 aromatic carbocycles. The van der Waals surface area contributed by atoms with Crippen molar-refractivity contribution in [3.05, 3.63) is 59.7 Å². The van der Waals surface area contributed by atoms with E-state index in [2.05, 4.69) is 40.8 Å². The highest BCUT2D eigenvalue weighted by atomic mass is 16.5. The van der Waals surface area contributed by atoms with Crippen LogP contribution in [0.3, 0.4) is 0 Å². The summed E-state index contributed by atoms with van der Waals surface area (Å²) in [5.74, 6) is 2.77. The van der Waals surface area contributed by atoms with E-state index in [1.54, 1.807) is 0 Å². The van der Waals surface area contributed by atoms with Gasteiger partial charge in [-0.15, -0.1) is 0 Å². The van der Waals surface area contributed by atoms with Crippen molar-refractivity contribution in [2.24, 2.45) is 11.8 Å². The number of benzene rings is 2. The largest absolute Gasteiger partial charge is 0.472 e. The van der Waals surface area contributed by atoms with Crippen LogP contribution in [0.4, 0.5) is 4.79 Å². The third kappa shape index (κ3) is 5.40. The molecule has 0 radical (unpaired) electrons. The van der Waals surface area contributed by atoms with Gasteiger partial charge in [-0.05, 0) is 41.0 Å². The SMILES string of the molecule is O=C(O)C#CCNC(=O)[C@@H]1CCCC[C@@H]1CNC(=O)OCC1c2ccccc2-c2ccccc21. The number of carbonyl (C=O) groups excluding carboxylic acids is 2. The molecule has 2 amide bonds. The molecule has 0 spiro atoms. The number of alkyl carbamates (subject to hydrolysis) is 1. The number of amides is 2. The van der Waals surface area contributed by atoms with Crippen LogP contribution in [0.25, 0.3) is 11.1 Å². The highest BCUT2D eigenvalue weighted by molar-refractivity contribution is 5.86. The van der Waals surface area contributed by atoms with E-state index in [0.717, 1.165) is 36.8 Å². The zero-order valence-electron chi connectivity index (χ0n) is 18.9. The number of carboxylic acid groups (broad SMARTS) is 1. The van der Waals surface area contributed by atoms with Gasteiger partial charge >= 0.3 is 12.1 Å². The Bertz CT molecular complexity index is 1090. The summed E-state index contributed by atoms with van der Waals surface area (Å²) in [6.45, 7) is 0.598. The third-order valence-electron chi connectivity index (χ3n) is 6.64. The first-order valence-electron chi connectivity index (χ1n) is 11.6. The van der Waals surface area contributed by atoms with Crippen molar-refractivity contribution in [2.75, 3.05) is 19.7 Å². The second kappa shape index (κ2) is 10.9. The Labute approximate surface area is 198 Å². The first-order chi connectivity index (χ1) is 16.5. The van der Waals surface area contributed by atoms with Crippen molar-refractivity contribution in [1.29, 1.82) is 0 Å². The van der Waals surface area contributed by atoms with Crippen LogP contribution >= 0.6 is 0 Å². The number of hydrogen-bond donors (Lipinski definition) is 3. The Hall–Kier alpha value is -3.79. The molecule has 2 atom stereocenters. The van der Waals surface area contributed by atoms with Crippen molar-refractivity contribution in [2.45, 2.75) is 31.6 Å².